The van der Waals surface area contributed by atoms with Gasteiger partial charge in [-0.25, -0.2) is 0 Å². The van der Waals surface area contributed by atoms with Gasteiger partial charge >= 0.3 is 5.97 Å². The van der Waals surface area contributed by atoms with Crippen LogP contribution in [0.3, 0.4) is 0 Å². The molecule has 1 N–H and O–H groups in total. The molecule has 0 aliphatic heterocycles. The molecule has 0 spiro atoms. The summed E-state index contributed by atoms with van der Waals surface area (Å²) in [4.78, 5) is 62.4. The van der Waals surface area contributed by atoms with Crippen molar-refractivity contribution in [3.05, 3.63) is 81.9 Å². The Hall–Kier alpha value is -4.34. The number of non-ortho nitro benzene ring substituents is 1. The lowest BCUT2D eigenvalue weighted by atomic mass is 10.00. The van der Waals surface area contributed by atoms with Gasteiger partial charge in [-0.1, -0.05) is 18.2 Å². The van der Waals surface area contributed by atoms with Crippen molar-refractivity contribution in [2.45, 2.75) is 33.2 Å². The maximum atomic E-state index is 13.4. The lowest BCUT2D eigenvalue weighted by Crippen LogP contribution is -2.44. The third-order valence-corrected chi connectivity index (χ3v) is 4.95. The smallest absolute Gasteiger partial charge is 0.307 e. The summed E-state index contributed by atoms with van der Waals surface area (Å²) in [6, 6.07) is 10.3. The summed E-state index contributed by atoms with van der Waals surface area (Å²) < 4.78 is 4.87. The minimum absolute atomic E-state index is 0.0544. The van der Waals surface area contributed by atoms with Gasteiger partial charge in [0.25, 0.3) is 11.6 Å². The Morgan fingerprint density at radius 3 is 2.34 bits per heavy atom. The molecule has 2 aromatic rings. The van der Waals surface area contributed by atoms with E-state index in [9.17, 15) is 29.3 Å². The number of anilines is 1. The van der Waals surface area contributed by atoms with E-state index in [1.54, 1.807) is 38.1 Å². The molecule has 10 nitrogen and oxygen atoms in total. The second kappa shape index (κ2) is 12.8. The van der Waals surface area contributed by atoms with Gasteiger partial charge in [0.15, 0.2) is 5.78 Å². The van der Waals surface area contributed by atoms with E-state index in [0.29, 0.717) is 0 Å². The van der Waals surface area contributed by atoms with Crippen LogP contribution in [0.25, 0.3) is 0 Å². The van der Waals surface area contributed by atoms with Crippen molar-refractivity contribution >= 4 is 34.9 Å². The number of amides is 2. The lowest BCUT2D eigenvalue weighted by molar-refractivity contribution is -0.384. The highest BCUT2D eigenvalue weighted by atomic mass is 16.6. The number of ether oxygens (including phenoxy) is 1. The quantitative estimate of drug-likeness (QED) is 0.170. The van der Waals surface area contributed by atoms with Crippen LogP contribution in [0.5, 0.6) is 0 Å². The van der Waals surface area contributed by atoms with Crippen LogP contribution in [0.1, 0.15) is 49.2 Å². The van der Waals surface area contributed by atoms with E-state index >= 15 is 0 Å². The first-order chi connectivity index (χ1) is 16.7. The highest BCUT2D eigenvalue weighted by Gasteiger charge is 2.33. The lowest BCUT2D eigenvalue weighted by Gasteiger charge is -2.31. The van der Waals surface area contributed by atoms with Gasteiger partial charge in [0.05, 0.1) is 23.6 Å². The Kier molecular flexibility index (Phi) is 9.83. The van der Waals surface area contributed by atoms with E-state index in [1.807, 2.05) is 0 Å². The van der Waals surface area contributed by atoms with Gasteiger partial charge in [-0.05, 0) is 56.7 Å². The fraction of sp³-hybridized carbons (Fsp3) is 0.280. The summed E-state index contributed by atoms with van der Waals surface area (Å²) in [5.74, 6) is -2.03. The first kappa shape index (κ1) is 26.9. The number of Topliss-reactive ketones (excluding diaryl/α,β-unsaturated/α-hetero) is 1. The largest absolute Gasteiger partial charge is 0.466 e. The topological polar surface area (TPSA) is 136 Å². The van der Waals surface area contributed by atoms with Crippen molar-refractivity contribution < 1.29 is 28.8 Å². The summed E-state index contributed by atoms with van der Waals surface area (Å²) in [7, 11) is 0. The van der Waals surface area contributed by atoms with Crippen LogP contribution < -0.4 is 10.2 Å². The van der Waals surface area contributed by atoms with Gasteiger partial charge in [0.1, 0.15) is 6.04 Å². The number of carbonyl (C=O) groups excluding carboxylic acids is 4. The van der Waals surface area contributed by atoms with Crippen LogP contribution in [0, 0.1) is 10.1 Å². The van der Waals surface area contributed by atoms with E-state index < -0.39 is 28.7 Å². The molecular formula is C25H27N3O7. The number of benzene rings is 2. The van der Waals surface area contributed by atoms with Crippen molar-refractivity contribution in [1.29, 1.82) is 0 Å². The molecule has 2 amide bonds. The summed E-state index contributed by atoms with van der Waals surface area (Å²) in [5, 5.41) is 13.7. The average Bonchev–Trinajstić information content (AvgIpc) is 2.82. The van der Waals surface area contributed by atoms with Crippen molar-refractivity contribution in [2.75, 3.05) is 18.1 Å². The van der Waals surface area contributed by atoms with Crippen LogP contribution in [-0.4, -0.2) is 41.6 Å². The van der Waals surface area contributed by atoms with E-state index in [0.717, 1.165) is 4.90 Å². The number of nitro benzene ring substituents is 1. The zero-order valence-electron chi connectivity index (χ0n) is 19.7. The number of rotatable bonds is 11. The Labute approximate surface area is 202 Å². The number of nitrogens with one attached hydrogen (secondary N) is 1. The number of hydrogen-bond donors (Lipinski definition) is 1. The number of allylic oxidation sites excluding steroid dienone is 1. The Bertz CT molecular complexity index is 1130. The number of nitro groups is 1. The van der Waals surface area contributed by atoms with Crippen LogP contribution in [0.4, 0.5) is 11.4 Å². The molecule has 0 fully saturated rings. The first-order valence-electron chi connectivity index (χ1n) is 10.9. The standard InChI is InChI=1S/C25H27N3O7/c1-4-8-22(30)27(21-10-7-6-9-20(21)17(3)29)24(18-11-13-19(14-12-18)28(33)34)25(32)26-16-15-23(31)35-5-2/h4,6-14,24H,5,15-16H2,1-3H3,(H,26,32)/b8-4+/t24-/m0/s1. The maximum absolute atomic E-state index is 13.4. The molecule has 10 heteroatoms. The SMILES string of the molecule is C/C=C/C(=O)N(c1ccccc1C(C)=O)[C@H](C(=O)NCCC(=O)OCC)c1ccc([N+](=O)[O-])cc1. The molecular weight excluding hydrogens is 454 g/mol. The third-order valence-electron chi connectivity index (χ3n) is 4.95. The Balaban J connectivity index is 2.60. The minimum atomic E-state index is -1.29. The molecule has 0 radical (unpaired) electrons. The normalized spacial score (nSPS) is 11.5. The number of hydrogen-bond acceptors (Lipinski definition) is 7. The van der Waals surface area contributed by atoms with Crippen molar-refractivity contribution in [1.82, 2.24) is 5.32 Å². The van der Waals surface area contributed by atoms with E-state index in [-0.39, 0.29) is 47.9 Å². The molecule has 0 unspecified atom stereocenters. The minimum Gasteiger partial charge on any atom is -0.466 e. The molecule has 184 valence electrons. The van der Waals surface area contributed by atoms with Gasteiger partial charge in [-0.3, -0.25) is 34.2 Å². The molecule has 0 saturated heterocycles. The Morgan fingerprint density at radius 1 is 1.11 bits per heavy atom. The van der Waals surface area contributed by atoms with Gasteiger partial charge in [0.2, 0.25) is 5.91 Å². The molecule has 35 heavy (non-hydrogen) atoms. The van der Waals surface area contributed by atoms with Crippen molar-refractivity contribution in [3.63, 3.8) is 0 Å². The molecule has 0 saturated carbocycles. The highest BCUT2D eigenvalue weighted by molar-refractivity contribution is 6.11. The van der Waals surface area contributed by atoms with E-state index in [1.165, 1.54) is 43.3 Å². The van der Waals surface area contributed by atoms with Crippen LogP contribution in [0.15, 0.2) is 60.7 Å². The predicted octanol–water partition coefficient (Wildman–Crippen LogP) is 3.52. The summed E-state index contributed by atoms with van der Waals surface area (Å²) in [5.41, 5.74) is 0.509. The van der Waals surface area contributed by atoms with Gasteiger partial charge < -0.3 is 10.1 Å². The number of carbonyl (C=O) groups is 4. The molecule has 0 aromatic heterocycles. The number of esters is 1. The van der Waals surface area contributed by atoms with Gasteiger partial charge in [-0.15, -0.1) is 0 Å². The summed E-state index contributed by atoms with van der Waals surface area (Å²) >= 11 is 0. The number of nitrogens with zero attached hydrogens (tertiary/aromatic N) is 2. The van der Waals surface area contributed by atoms with Gasteiger partial charge in [-0.2, -0.15) is 0 Å². The van der Waals surface area contributed by atoms with E-state index in [2.05, 4.69) is 5.32 Å². The Morgan fingerprint density at radius 2 is 1.77 bits per heavy atom. The zero-order valence-corrected chi connectivity index (χ0v) is 19.7. The van der Waals surface area contributed by atoms with Crippen LogP contribution in [0.2, 0.25) is 0 Å². The summed E-state index contributed by atoms with van der Waals surface area (Å²) in [6.07, 6.45) is 2.66. The number of para-hydroxylation sites is 1. The van der Waals surface area contributed by atoms with Gasteiger partial charge in [0, 0.05) is 24.2 Å². The zero-order chi connectivity index (χ0) is 26.0. The molecule has 0 bridgehead atoms. The van der Waals surface area contributed by atoms with Crippen molar-refractivity contribution in [2.24, 2.45) is 0 Å². The highest BCUT2D eigenvalue weighted by Crippen LogP contribution is 2.32. The molecule has 0 heterocycles. The molecule has 1 atom stereocenters. The molecule has 2 rings (SSSR count). The second-order valence-electron chi connectivity index (χ2n) is 7.38. The fourth-order valence-corrected chi connectivity index (χ4v) is 3.40. The monoisotopic (exact) mass is 481 g/mol. The van der Waals surface area contributed by atoms with Crippen LogP contribution in [-0.2, 0) is 19.1 Å². The molecule has 0 aliphatic carbocycles. The summed E-state index contributed by atoms with van der Waals surface area (Å²) in [6.45, 7) is 4.79. The fourth-order valence-electron chi connectivity index (χ4n) is 3.40. The average molecular weight is 482 g/mol. The van der Waals surface area contributed by atoms with Crippen molar-refractivity contribution in [3.8, 4) is 0 Å². The second-order valence-corrected chi connectivity index (χ2v) is 7.38. The molecule has 0 aliphatic rings. The van der Waals surface area contributed by atoms with E-state index in [4.69, 9.17) is 4.74 Å². The molecule has 2 aromatic carbocycles. The number of ketones is 1. The maximum Gasteiger partial charge on any atom is 0.307 e. The first-order valence-corrected chi connectivity index (χ1v) is 10.9. The van der Waals surface area contributed by atoms with Crippen LogP contribution >= 0.6 is 0 Å². The third kappa shape index (κ3) is 7.07. The predicted molar refractivity (Wildman–Crippen MR) is 129 cm³/mol.